The Morgan fingerprint density at radius 3 is 2.41 bits per heavy atom. The molecule has 3 rings (SSSR count). The number of carbonyl (C=O) groups is 2. The van der Waals surface area contributed by atoms with Gasteiger partial charge in [0, 0.05) is 18.3 Å². The van der Waals surface area contributed by atoms with Crippen LogP contribution < -0.4 is 10.6 Å². The van der Waals surface area contributed by atoms with Crippen molar-refractivity contribution in [3.8, 4) is 0 Å². The van der Waals surface area contributed by atoms with Gasteiger partial charge >= 0.3 is 0 Å². The van der Waals surface area contributed by atoms with Crippen molar-refractivity contribution in [3.63, 3.8) is 0 Å². The van der Waals surface area contributed by atoms with Crippen molar-refractivity contribution in [3.05, 3.63) is 71.3 Å². The van der Waals surface area contributed by atoms with Gasteiger partial charge in [-0.25, -0.2) is 4.98 Å². The number of aryl methyl sites for hydroxylation is 1. The first-order valence-electron chi connectivity index (χ1n) is 8.88. The van der Waals surface area contributed by atoms with Gasteiger partial charge in [-0.3, -0.25) is 14.0 Å². The number of aromatic nitrogens is 2. The fraction of sp³-hybridized carbons (Fsp3) is 0.286. The Labute approximate surface area is 158 Å². The number of nitrogens with zero attached hydrogens (tertiary/aromatic N) is 2. The standard InChI is InChI=1S/C21H24N4O2/c1-14-8-10-15(11-9-14)13-22-19(26)17-16-7-5-6-12-25(16)18(23-17)20(27)24-21(2,3)4/h5-12H,13H2,1-4H3,(H,22,26)(H,24,27). The fourth-order valence-electron chi connectivity index (χ4n) is 2.73. The van der Waals surface area contributed by atoms with Crippen molar-refractivity contribution in [2.24, 2.45) is 0 Å². The third kappa shape index (κ3) is 4.34. The Bertz CT molecular complexity index is 982. The van der Waals surface area contributed by atoms with Crippen LogP contribution in [0.25, 0.3) is 5.52 Å². The number of hydrogen-bond acceptors (Lipinski definition) is 3. The van der Waals surface area contributed by atoms with Gasteiger partial charge in [0.05, 0.1) is 5.52 Å². The summed E-state index contributed by atoms with van der Waals surface area (Å²) in [6.45, 7) is 8.11. The molecule has 27 heavy (non-hydrogen) atoms. The van der Waals surface area contributed by atoms with Crippen LogP contribution in [0.3, 0.4) is 0 Å². The van der Waals surface area contributed by atoms with Gasteiger partial charge in [-0.1, -0.05) is 35.9 Å². The highest BCUT2D eigenvalue weighted by molar-refractivity contribution is 6.02. The van der Waals surface area contributed by atoms with E-state index in [9.17, 15) is 9.59 Å². The second-order valence-corrected chi connectivity index (χ2v) is 7.61. The Balaban J connectivity index is 1.86. The van der Waals surface area contributed by atoms with Crippen molar-refractivity contribution in [1.29, 1.82) is 0 Å². The van der Waals surface area contributed by atoms with Gasteiger partial charge in [-0.2, -0.15) is 0 Å². The van der Waals surface area contributed by atoms with E-state index in [2.05, 4.69) is 15.6 Å². The number of fused-ring (bicyclic) bond motifs is 1. The zero-order valence-electron chi connectivity index (χ0n) is 16.0. The van der Waals surface area contributed by atoms with Gasteiger partial charge in [0.25, 0.3) is 11.8 Å². The lowest BCUT2D eigenvalue weighted by Gasteiger charge is -2.19. The highest BCUT2D eigenvalue weighted by Crippen LogP contribution is 2.15. The summed E-state index contributed by atoms with van der Waals surface area (Å²) in [5.74, 6) is -0.434. The molecule has 0 radical (unpaired) electrons. The predicted molar refractivity (Wildman–Crippen MR) is 105 cm³/mol. The number of pyridine rings is 1. The van der Waals surface area contributed by atoms with E-state index in [0.717, 1.165) is 5.56 Å². The van der Waals surface area contributed by atoms with E-state index in [-0.39, 0.29) is 23.3 Å². The Morgan fingerprint density at radius 1 is 1.04 bits per heavy atom. The van der Waals surface area contributed by atoms with Crippen LogP contribution in [0.4, 0.5) is 0 Å². The normalized spacial score (nSPS) is 11.4. The summed E-state index contributed by atoms with van der Waals surface area (Å²) in [4.78, 5) is 29.6. The first kappa shape index (κ1) is 18.6. The topological polar surface area (TPSA) is 75.5 Å². The molecule has 0 saturated carbocycles. The summed E-state index contributed by atoms with van der Waals surface area (Å²) < 4.78 is 1.64. The number of amides is 2. The van der Waals surface area contributed by atoms with Gasteiger partial charge < -0.3 is 10.6 Å². The average Bonchev–Trinajstić information content (AvgIpc) is 2.99. The van der Waals surface area contributed by atoms with Crippen LogP contribution >= 0.6 is 0 Å². The monoisotopic (exact) mass is 364 g/mol. The van der Waals surface area contributed by atoms with E-state index >= 15 is 0 Å². The van der Waals surface area contributed by atoms with Crippen LogP contribution in [0, 0.1) is 6.92 Å². The quantitative estimate of drug-likeness (QED) is 0.747. The zero-order chi connectivity index (χ0) is 19.6. The maximum absolute atomic E-state index is 12.7. The largest absolute Gasteiger partial charge is 0.347 e. The zero-order valence-corrected chi connectivity index (χ0v) is 16.0. The van der Waals surface area contributed by atoms with E-state index in [0.29, 0.717) is 12.1 Å². The van der Waals surface area contributed by atoms with Crippen molar-refractivity contribution >= 4 is 17.3 Å². The number of imidazole rings is 1. The second kappa shape index (κ2) is 7.23. The van der Waals surface area contributed by atoms with E-state index in [4.69, 9.17) is 0 Å². The summed E-state index contributed by atoms with van der Waals surface area (Å²) in [7, 11) is 0. The number of benzene rings is 1. The van der Waals surface area contributed by atoms with Gasteiger partial charge in [-0.05, 0) is 45.4 Å². The van der Waals surface area contributed by atoms with Crippen LogP contribution in [0.1, 0.15) is 53.0 Å². The molecule has 0 saturated heterocycles. The molecule has 0 bridgehead atoms. The van der Waals surface area contributed by atoms with Gasteiger partial charge in [0.2, 0.25) is 5.82 Å². The van der Waals surface area contributed by atoms with Crippen LogP contribution in [-0.2, 0) is 6.54 Å². The number of hydrogen-bond donors (Lipinski definition) is 2. The van der Waals surface area contributed by atoms with Gasteiger partial charge in [0.15, 0.2) is 5.69 Å². The molecular formula is C21H24N4O2. The Kier molecular flexibility index (Phi) is 4.99. The van der Waals surface area contributed by atoms with Crippen LogP contribution in [0.5, 0.6) is 0 Å². The van der Waals surface area contributed by atoms with Crippen molar-refractivity contribution in [2.45, 2.75) is 39.8 Å². The molecule has 140 valence electrons. The minimum atomic E-state index is -0.397. The molecule has 3 aromatic rings. The molecule has 0 aliphatic carbocycles. The molecule has 2 amide bonds. The first-order chi connectivity index (χ1) is 12.7. The van der Waals surface area contributed by atoms with Crippen molar-refractivity contribution < 1.29 is 9.59 Å². The van der Waals surface area contributed by atoms with E-state index in [1.54, 1.807) is 22.7 Å². The van der Waals surface area contributed by atoms with Crippen LogP contribution in [-0.4, -0.2) is 26.7 Å². The van der Waals surface area contributed by atoms with Gasteiger partial charge in [0.1, 0.15) is 0 Å². The highest BCUT2D eigenvalue weighted by Gasteiger charge is 2.23. The third-order valence-corrected chi connectivity index (χ3v) is 4.03. The van der Waals surface area contributed by atoms with Crippen molar-refractivity contribution in [1.82, 2.24) is 20.0 Å². The molecule has 0 unspecified atom stereocenters. The van der Waals surface area contributed by atoms with E-state index < -0.39 is 5.54 Å². The Morgan fingerprint density at radius 2 is 1.74 bits per heavy atom. The summed E-state index contributed by atoms with van der Waals surface area (Å²) in [5.41, 5.74) is 2.61. The lowest BCUT2D eigenvalue weighted by molar-refractivity contribution is 0.0908. The number of rotatable bonds is 4. The minimum Gasteiger partial charge on any atom is -0.347 e. The number of carbonyl (C=O) groups excluding carboxylic acids is 2. The molecule has 6 heteroatoms. The molecule has 2 heterocycles. The second-order valence-electron chi connectivity index (χ2n) is 7.61. The molecule has 2 N–H and O–H groups in total. The smallest absolute Gasteiger partial charge is 0.288 e. The SMILES string of the molecule is Cc1ccc(CNC(=O)c2nc(C(=O)NC(C)(C)C)n3ccccc23)cc1. The molecule has 1 aromatic carbocycles. The molecule has 0 aliphatic rings. The summed E-state index contributed by atoms with van der Waals surface area (Å²) in [6, 6.07) is 13.4. The van der Waals surface area contributed by atoms with E-state index in [1.807, 2.05) is 58.0 Å². The maximum Gasteiger partial charge on any atom is 0.288 e. The summed E-state index contributed by atoms with van der Waals surface area (Å²) in [6.07, 6.45) is 1.73. The van der Waals surface area contributed by atoms with Crippen molar-refractivity contribution in [2.75, 3.05) is 0 Å². The highest BCUT2D eigenvalue weighted by atomic mass is 16.2. The maximum atomic E-state index is 12.7. The molecular weight excluding hydrogens is 340 g/mol. The third-order valence-electron chi connectivity index (χ3n) is 4.03. The molecule has 0 atom stereocenters. The number of nitrogens with one attached hydrogen (secondary N) is 2. The fourth-order valence-corrected chi connectivity index (χ4v) is 2.73. The lowest BCUT2D eigenvalue weighted by atomic mass is 10.1. The molecule has 0 aliphatic heterocycles. The van der Waals surface area contributed by atoms with E-state index in [1.165, 1.54) is 5.56 Å². The van der Waals surface area contributed by atoms with Crippen LogP contribution in [0.15, 0.2) is 48.7 Å². The lowest BCUT2D eigenvalue weighted by Crippen LogP contribution is -2.41. The first-order valence-corrected chi connectivity index (χ1v) is 8.88. The van der Waals surface area contributed by atoms with Gasteiger partial charge in [-0.15, -0.1) is 0 Å². The predicted octanol–water partition coefficient (Wildman–Crippen LogP) is 3.10. The molecule has 0 fully saturated rings. The Hall–Kier alpha value is -3.15. The molecule has 0 spiro atoms. The molecule has 2 aromatic heterocycles. The summed E-state index contributed by atoms with van der Waals surface area (Å²) >= 11 is 0. The summed E-state index contributed by atoms with van der Waals surface area (Å²) in [5, 5.41) is 5.77. The van der Waals surface area contributed by atoms with Crippen LogP contribution in [0.2, 0.25) is 0 Å². The average molecular weight is 364 g/mol. The molecule has 6 nitrogen and oxygen atoms in total. The minimum absolute atomic E-state index is 0.195.